The molecule has 0 aliphatic heterocycles. The standard InChI is InChI=1S/C19H22N4O6S/c1-4-22-15-8-7-14(30(27,28)21(2)3)10-16(15)23(19(26)18(22)25)12-17(24)20-11-13-6-5-9-29-13/h5-10H,4,11-12H2,1-3H3,(H,20,24). The molecule has 1 N–H and O–H groups in total. The van der Waals surface area contributed by atoms with E-state index in [1.165, 1.54) is 43.1 Å². The number of amides is 1. The molecular formula is C19H22N4O6S. The first-order valence-electron chi connectivity index (χ1n) is 9.15. The van der Waals surface area contributed by atoms with Gasteiger partial charge in [-0.3, -0.25) is 19.0 Å². The van der Waals surface area contributed by atoms with Gasteiger partial charge in [-0.2, -0.15) is 0 Å². The minimum absolute atomic E-state index is 0.0505. The van der Waals surface area contributed by atoms with Gasteiger partial charge in [-0.15, -0.1) is 0 Å². The summed E-state index contributed by atoms with van der Waals surface area (Å²) in [6.45, 7) is 1.59. The van der Waals surface area contributed by atoms with Crippen LogP contribution in [0.25, 0.3) is 11.0 Å². The summed E-state index contributed by atoms with van der Waals surface area (Å²) in [6, 6.07) is 7.50. The molecule has 0 aliphatic rings. The summed E-state index contributed by atoms with van der Waals surface area (Å²) in [6.07, 6.45) is 1.47. The Balaban J connectivity index is 2.11. The number of carbonyl (C=O) groups excluding carboxylic acids is 1. The average molecular weight is 434 g/mol. The Morgan fingerprint density at radius 2 is 1.80 bits per heavy atom. The number of benzene rings is 1. The largest absolute Gasteiger partial charge is 0.467 e. The van der Waals surface area contributed by atoms with Gasteiger partial charge < -0.3 is 14.3 Å². The molecule has 10 nitrogen and oxygen atoms in total. The first-order chi connectivity index (χ1) is 14.2. The molecule has 2 aromatic heterocycles. The van der Waals surface area contributed by atoms with Gasteiger partial charge in [0.15, 0.2) is 0 Å². The maximum Gasteiger partial charge on any atom is 0.317 e. The lowest BCUT2D eigenvalue weighted by atomic mass is 10.2. The van der Waals surface area contributed by atoms with Crippen LogP contribution in [-0.4, -0.2) is 41.9 Å². The van der Waals surface area contributed by atoms with Crippen molar-refractivity contribution in [1.29, 1.82) is 0 Å². The summed E-state index contributed by atoms with van der Waals surface area (Å²) >= 11 is 0. The van der Waals surface area contributed by atoms with Crippen molar-refractivity contribution in [2.75, 3.05) is 14.1 Å². The third-order valence-corrected chi connectivity index (χ3v) is 6.45. The number of carbonyl (C=O) groups is 1. The lowest BCUT2D eigenvalue weighted by Crippen LogP contribution is -2.43. The highest BCUT2D eigenvalue weighted by Crippen LogP contribution is 2.19. The summed E-state index contributed by atoms with van der Waals surface area (Å²) in [5.74, 6) is 0.00522. The molecule has 30 heavy (non-hydrogen) atoms. The van der Waals surface area contributed by atoms with E-state index in [1.54, 1.807) is 19.1 Å². The van der Waals surface area contributed by atoms with E-state index >= 15 is 0 Å². The molecule has 1 aromatic carbocycles. The highest BCUT2D eigenvalue weighted by molar-refractivity contribution is 7.89. The van der Waals surface area contributed by atoms with Crippen LogP contribution in [0.15, 0.2) is 55.5 Å². The molecule has 2 heterocycles. The van der Waals surface area contributed by atoms with Crippen LogP contribution in [0.1, 0.15) is 12.7 Å². The van der Waals surface area contributed by atoms with Gasteiger partial charge in [0.25, 0.3) is 0 Å². The monoisotopic (exact) mass is 434 g/mol. The molecular weight excluding hydrogens is 412 g/mol. The maximum absolute atomic E-state index is 12.7. The van der Waals surface area contributed by atoms with E-state index in [0.717, 1.165) is 8.87 Å². The zero-order valence-corrected chi connectivity index (χ0v) is 17.6. The molecule has 0 atom stereocenters. The second-order valence-corrected chi connectivity index (χ2v) is 8.89. The van der Waals surface area contributed by atoms with Crippen molar-refractivity contribution in [1.82, 2.24) is 18.8 Å². The van der Waals surface area contributed by atoms with Gasteiger partial charge in [-0.25, -0.2) is 12.7 Å². The van der Waals surface area contributed by atoms with Crippen LogP contribution in [0.5, 0.6) is 0 Å². The van der Waals surface area contributed by atoms with Crippen molar-refractivity contribution < 1.29 is 17.6 Å². The predicted molar refractivity (Wildman–Crippen MR) is 110 cm³/mol. The van der Waals surface area contributed by atoms with Crippen LogP contribution in [0, 0.1) is 0 Å². The van der Waals surface area contributed by atoms with E-state index in [-0.39, 0.29) is 23.5 Å². The normalized spacial score (nSPS) is 11.9. The van der Waals surface area contributed by atoms with Crippen molar-refractivity contribution >= 4 is 27.0 Å². The number of fused-ring (bicyclic) bond motifs is 1. The van der Waals surface area contributed by atoms with Crippen LogP contribution in [0.4, 0.5) is 0 Å². The Bertz CT molecular complexity index is 1300. The number of hydrogen-bond acceptors (Lipinski definition) is 6. The summed E-state index contributed by atoms with van der Waals surface area (Å²) in [5, 5.41) is 2.61. The molecule has 11 heteroatoms. The first kappa shape index (κ1) is 21.5. The molecule has 160 valence electrons. The number of nitrogens with zero attached hydrogens (tertiary/aromatic N) is 3. The van der Waals surface area contributed by atoms with E-state index in [1.807, 2.05) is 0 Å². The lowest BCUT2D eigenvalue weighted by Gasteiger charge is -2.16. The molecule has 0 spiro atoms. The zero-order valence-electron chi connectivity index (χ0n) is 16.8. The molecule has 3 rings (SSSR count). The van der Waals surface area contributed by atoms with Gasteiger partial charge in [-0.05, 0) is 37.3 Å². The van der Waals surface area contributed by atoms with Crippen molar-refractivity contribution in [3.05, 3.63) is 63.1 Å². The van der Waals surface area contributed by atoms with E-state index in [2.05, 4.69) is 5.32 Å². The number of rotatable bonds is 7. The Hall–Kier alpha value is -3.18. The topological polar surface area (TPSA) is 124 Å². The molecule has 0 saturated heterocycles. The van der Waals surface area contributed by atoms with E-state index in [9.17, 15) is 22.8 Å². The van der Waals surface area contributed by atoms with Gasteiger partial charge in [-0.1, -0.05) is 0 Å². The fourth-order valence-electron chi connectivity index (χ4n) is 3.04. The van der Waals surface area contributed by atoms with Crippen molar-refractivity contribution in [2.45, 2.75) is 31.5 Å². The molecule has 0 radical (unpaired) electrons. The van der Waals surface area contributed by atoms with Gasteiger partial charge >= 0.3 is 11.1 Å². The van der Waals surface area contributed by atoms with Crippen molar-refractivity contribution in [2.24, 2.45) is 0 Å². The van der Waals surface area contributed by atoms with Crippen LogP contribution < -0.4 is 16.4 Å². The second-order valence-electron chi connectivity index (χ2n) is 6.73. The zero-order chi connectivity index (χ0) is 22.1. The number of furan rings is 1. The van der Waals surface area contributed by atoms with Crippen molar-refractivity contribution in [3.63, 3.8) is 0 Å². The summed E-state index contributed by atoms with van der Waals surface area (Å²) in [4.78, 5) is 37.6. The van der Waals surface area contributed by atoms with Crippen LogP contribution in [-0.2, 0) is 34.5 Å². The summed E-state index contributed by atoms with van der Waals surface area (Å²) in [5.41, 5.74) is -1.15. The van der Waals surface area contributed by atoms with E-state index < -0.39 is 33.6 Å². The van der Waals surface area contributed by atoms with Gasteiger partial charge in [0.05, 0.1) is 28.7 Å². The Morgan fingerprint density at radius 1 is 1.10 bits per heavy atom. The summed E-state index contributed by atoms with van der Waals surface area (Å²) in [7, 11) is -0.997. The number of aromatic nitrogens is 2. The molecule has 3 aromatic rings. The fraction of sp³-hybridized carbons (Fsp3) is 0.316. The average Bonchev–Trinajstić information content (AvgIpc) is 3.23. The van der Waals surface area contributed by atoms with Crippen molar-refractivity contribution in [3.8, 4) is 0 Å². The third kappa shape index (κ3) is 3.94. The number of aryl methyl sites for hydroxylation is 1. The Labute approximate surface area is 172 Å². The Kier molecular flexibility index (Phi) is 5.94. The van der Waals surface area contributed by atoms with Gasteiger partial charge in [0.1, 0.15) is 12.3 Å². The van der Waals surface area contributed by atoms with Crippen LogP contribution >= 0.6 is 0 Å². The minimum Gasteiger partial charge on any atom is -0.467 e. The van der Waals surface area contributed by atoms with Gasteiger partial charge in [0.2, 0.25) is 15.9 Å². The second kappa shape index (κ2) is 8.28. The molecule has 0 unspecified atom stereocenters. The minimum atomic E-state index is -3.78. The highest BCUT2D eigenvalue weighted by atomic mass is 32.2. The Morgan fingerprint density at radius 3 is 2.40 bits per heavy atom. The molecule has 1 amide bonds. The molecule has 0 bridgehead atoms. The van der Waals surface area contributed by atoms with Gasteiger partial charge in [0, 0.05) is 20.6 Å². The molecule has 0 saturated carbocycles. The number of sulfonamides is 1. The van der Waals surface area contributed by atoms with E-state index in [0.29, 0.717) is 11.3 Å². The number of nitrogens with one attached hydrogen (secondary N) is 1. The third-order valence-electron chi connectivity index (χ3n) is 4.64. The lowest BCUT2D eigenvalue weighted by molar-refractivity contribution is -0.121. The van der Waals surface area contributed by atoms with Crippen LogP contribution in [0.2, 0.25) is 0 Å². The highest BCUT2D eigenvalue weighted by Gasteiger charge is 2.21. The maximum atomic E-state index is 12.7. The SMILES string of the molecule is CCn1c(=O)c(=O)n(CC(=O)NCc2ccco2)c2cc(S(=O)(=O)N(C)C)ccc21. The summed E-state index contributed by atoms with van der Waals surface area (Å²) < 4.78 is 33.5. The smallest absolute Gasteiger partial charge is 0.317 e. The van der Waals surface area contributed by atoms with Crippen LogP contribution in [0.3, 0.4) is 0 Å². The van der Waals surface area contributed by atoms with E-state index in [4.69, 9.17) is 4.42 Å². The fourth-order valence-corrected chi connectivity index (χ4v) is 3.96. The molecule has 0 fully saturated rings. The number of hydrogen-bond donors (Lipinski definition) is 1. The molecule has 0 aliphatic carbocycles. The quantitative estimate of drug-likeness (QED) is 0.535. The predicted octanol–water partition coefficient (Wildman–Crippen LogP) is 0.343. The first-order valence-corrected chi connectivity index (χ1v) is 10.6.